The number of hydrogen-bond acceptors (Lipinski definition) is 0. The zero-order valence-corrected chi connectivity index (χ0v) is 8.56. The van der Waals surface area contributed by atoms with E-state index >= 15 is 0 Å². The molecule has 0 amide bonds. The number of likely N-dealkylation sites (N-methyl/N-ethyl adjacent to an activating group) is 1. The molecular weight excluding hydrogens is 170 g/mol. The summed E-state index contributed by atoms with van der Waals surface area (Å²) in [7, 11) is 2.26. The predicted octanol–water partition coefficient (Wildman–Crippen LogP) is 2.72. The largest absolute Gasteiger partial charge is 0.293 e. The van der Waals surface area contributed by atoms with Crippen LogP contribution < -0.4 is 0 Å². The third-order valence-electron chi connectivity index (χ3n) is 2.60. The third-order valence-corrected chi connectivity index (χ3v) is 2.60. The lowest BCUT2D eigenvalue weighted by molar-refractivity contribution is -0.867. The van der Waals surface area contributed by atoms with Crippen LogP contribution >= 0.6 is 0 Å². The van der Waals surface area contributed by atoms with Gasteiger partial charge >= 0.3 is 0 Å². The maximum Gasteiger partial charge on any atom is 0.109 e. The van der Waals surface area contributed by atoms with Crippen molar-refractivity contribution in [2.75, 3.05) is 13.6 Å². The Balaban J connectivity index is 2.11. The van der Waals surface area contributed by atoms with Gasteiger partial charge in [-0.05, 0) is 12.2 Å². The van der Waals surface area contributed by atoms with Gasteiger partial charge in [0.25, 0.3) is 0 Å². The Kier molecular flexibility index (Phi) is 2.51. The summed E-state index contributed by atoms with van der Waals surface area (Å²) in [4.78, 5) is 0. The number of benzene rings is 1. The van der Waals surface area contributed by atoms with Gasteiger partial charge in [0.1, 0.15) is 13.1 Å². The summed E-state index contributed by atoms with van der Waals surface area (Å²) in [6.45, 7) is 2.16. The van der Waals surface area contributed by atoms with Gasteiger partial charge in [0, 0.05) is 5.56 Å². The first-order chi connectivity index (χ1) is 6.79. The summed E-state index contributed by atoms with van der Waals surface area (Å²) < 4.78 is 0.973. The molecule has 1 heteroatoms. The molecule has 1 atom stereocenters. The van der Waals surface area contributed by atoms with Crippen LogP contribution in [0.25, 0.3) is 0 Å². The second-order valence-corrected chi connectivity index (χ2v) is 4.08. The van der Waals surface area contributed by atoms with Crippen molar-refractivity contribution in [2.24, 2.45) is 0 Å². The van der Waals surface area contributed by atoms with Crippen molar-refractivity contribution in [3.8, 4) is 0 Å². The molecule has 1 aromatic carbocycles. The van der Waals surface area contributed by atoms with Crippen LogP contribution in [-0.4, -0.2) is 18.1 Å². The molecule has 2 rings (SSSR count). The first kappa shape index (κ1) is 9.22. The number of rotatable bonds is 2. The maximum absolute atomic E-state index is 2.26. The van der Waals surface area contributed by atoms with Crippen LogP contribution in [-0.2, 0) is 6.54 Å². The molecule has 1 aliphatic rings. The topological polar surface area (TPSA) is 0 Å². The summed E-state index contributed by atoms with van der Waals surface area (Å²) in [5.41, 5.74) is 1.40. The monoisotopic (exact) mass is 186 g/mol. The van der Waals surface area contributed by atoms with Gasteiger partial charge in [0.2, 0.25) is 0 Å². The fourth-order valence-electron chi connectivity index (χ4n) is 1.82. The molecule has 1 aromatic rings. The number of allylic oxidation sites excluding steroid dienone is 2. The number of hydrogen-bond donors (Lipinski definition) is 0. The lowest BCUT2D eigenvalue weighted by atomic mass is 10.2. The quantitative estimate of drug-likeness (QED) is 0.623. The molecule has 72 valence electrons. The average Bonchev–Trinajstić information content (AvgIpc) is 2.19. The molecule has 0 fully saturated rings. The van der Waals surface area contributed by atoms with E-state index in [0.717, 1.165) is 17.6 Å². The van der Waals surface area contributed by atoms with E-state index in [1.54, 1.807) is 0 Å². The Morgan fingerprint density at radius 2 is 1.93 bits per heavy atom. The fraction of sp³-hybridized carbons (Fsp3) is 0.231. The van der Waals surface area contributed by atoms with Crippen molar-refractivity contribution < 1.29 is 4.48 Å². The second kappa shape index (κ2) is 3.81. The minimum Gasteiger partial charge on any atom is -0.293 e. The Labute approximate surface area is 85.6 Å². The first-order valence-electron chi connectivity index (χ1n) is 5.01. The molecule has 14 heavy (non-hydrogen) atoms. The molecule has 0 saturated heterocycles. The van der Waals surface area contributed by atoms with Crippen molar-refractivity contribution in [1.82, 2.24) is 0 Å². The molecule has 0 aliphatic carbocycles. The number of quaternary nitrogens is 1. The molecule has 1 aliphatic heterocycles. The maximum atomic E-state index is 2.26. The summed E-state index contributed by atoms with van der Waals surface area (Å²) in [6, 6.07) is 10.6. The van der Waals surface area contributed by atoms with Gasteiger partial charge in [-0.3, -0.25) is 4.48 Å². The Hall–Kier alpha value is -1.34. The summed E-state index contributed by atoms with van der Waals surface area (Å²) >= 11 is 0. The SMILES string of the molecule is C[N@+]1(Cc2ccccc2)C=CC=CC1. The highest BCUT2D eigenvalue weighted by atomic mass is 15.3. The van der Waals surface area contributed by atoms with Crippen LogP contribution in [0.4, 0.5) is 0 Å². The molecule has 0 saturated carbocycles. The zero-order valence-electron chi connectivity index (χ0n) is 8.56. The van der Waals surface area contributed by atoms with Crippen LogP contribution in [0.2, 0.25) is 0 Å². The molecule has 0 spiro atoms. The standard InChI is InChI=1S/C13H16N/c1-14(10-6-3-7-11-14)12-13-8-4-2-5-9-13/h2-10H,11-12H2,1H3/q+1/t14-/m0/s1. The first-order valence-corrected chi connectivity index (χ1v) is 5.01. The van der Waals surface area contributed by atoms with Gasteiger partial charge in [0.15, 0.2) is 0 Å². The second-order valence-electron chi connectivity index (χ2n) is 4.08. The van der Waals surface area contributed by atoms with Gasteiger partial charge in [-0.2, -0.15) is 0 Å². The molecule has 1 heterocycles. The van der Waals surface area contributed by atoms with Crippen molar-refractivity contribution in [2.45, 2.75) is 6.54 Å². The third kappa shape index (κ3) is 2.12. The lowest BCUT2D eigenvalue weighted by Crippen LogP contribution is -2.38. The van der Waals surface area contributed by atoms with Gasteiger partial charge in [-0.15, -0.1) is 0 Å². The van der Waals surface area contributed by atoms with Crippen molar-refractivity contribution in [3.05, 3.63) is 60.3 Å². The molecule has 0 radical (unpaired) electrons. The van der Waals surface area contributed by atoms with E-state index in [9.17, 15) is 0 Å². The molecule has 0 unspecified atom stereocenters. The van der Waals surface area contributed by atoms with Gasteiger partial charge in [-0.1, -0.05) is 36.4 Å². The normalized spacial score (nSPS) is 25.2. The van der Waals surface area contributed by atoms with E-state index in [0.29, 0.717) is 0 Å². The van der Waals surface area contributed by atoms with Crippen LogP contribution in [0.15, 0.2) is 54.8 Å². The molecular formula is C13H16N+. The highest BCUT2D eigenvalue weighted by Gasteiger charge is 2.18. The van der Waals surface area contributed by atoms with Crippen molar-refractivity contribution in [1.29, 1.82) is 0 Å². The molecule has 1 nitrogen and oxygen atoms in total. The van der Waals surface area contributed by atoms with E-state index in [1.807, 2.05) is 0 Å². The van der Waals surface area contributed by atoms with Gasteiger partial charge in [-0.25, -0.2) is 0 Å². The average molecular weight is 186 g/mol. The van der Waals surface area contributed by atoms with Crippen molar-refractivity contribution >= 4 is 0 Å². The van der Waals surface area contributed by atoms with Crippen LogP contribution in [0.3, 0.4) is 0 Å². The van der Waals surface area contributed by atoms with E-state index in [2.05, 4.69) is 61.8 Å². The highest BCUT2D eigenvalue weighted by molar-refractivity contribution is 5.14. The van der Waals surface area contributed by atoms with Crippen LogP contribution in [0.1, 0.15) is 5.56 Å². The molecule has 0 aromatic heterocycles. The number of nitrogens with zero attached hydrogens (tertiary/aromatic N) is 1. The zero-order chi connectivity index (χ0) is 9.86. The lowest BCUT2D eigenvalue weighted by Gasteiger charge is -2.30. The smallest absolute Gasteiger partial charge is 0.109 e. The summed E-state index contributed by atoms with van der Waals surface area (Å²) in [5.74, 6) is 0. The van der Waals surface area contributed by atoms with E-state index in [4.69, 9.17) is 0 Å². The fourth-order valence-corrected chi connectivity index (χ4v) is 1.82. The molecule has 0 bridgehead atoms. The predicted molar refractivity (Wildman–Crippen MR) is 59.5 cm³/mol. The Morgan fingerprint density at radius 3 is 2.57 bits per heavy atom. The van der Waals surface area contributed by atoms with Crippen LogP contribution in [0, 0.1) is 0 Å². The Morgan fingerprint density at radius 1 is 1.14 bits per heavy atom. The highest BCUT2D eigenvalue weighted by Crippen LogP contribution is 2.15. The van der Waals surface area contributed by atoms with Gasteiger partial charge < -0.3 is 0 Å². The summed E-state index contributed by atoms with van der Waals surface area (Å²) in [5, 5.41) is 0. The van der Waals surface area contributed by atoms with E-state index in [-0.39, 0.29) is 0 Å². The molecule has 0 N–H and O–H groups in total. The Bertz CT molecular complexity index is 351. The summed E-state index contributed by atoms with van der Waals surface area (Å²) in [6.07, 6.45) is 8.73. The van der Waals surface area contributed by atoms with Crippen molar-refractivity contribution in [3.63, 3.8) is 0 Å². The van der Waals surface area contributed by atoms with E-state index < -0.39 is 0 Å². The minimum absolute atomic E-state index is 0.973. The van der Waals surface area contributed by atoms with E-state index in [1.165, 1.54) is 5.56 Å². The van der Waals surface area contributed by atoms with Gasteiger partial charge in [0.05, 0.1) is 13.2 Å². The van der Waals surface area contributed by atoms with Crippen LogP contribution in [0.5, 0.6) is 0 Å². The minimum atomic E-state index is 0.973.